The number of aliphatic carboxylic acids is 2. The molecule has 2 N–H and O–H groups in total. The van der Waals surface area contributed by atoms with Crippen molar-refractivity contribution in [2.24, 2.45) is 23.7 Å². The summed E-state index contributed by atoms with van der Waals surface area (Å²) in [4.78, 5) is 57.0. The van der Waals surface area contributed by atoms with Crippen LogP contribution in [0.15, 0.2) is 109 Å². The predicted molar refractivity (Wildman–Crippen MR) is 196 cm³/mol. The van der Waals surface area contributed by atoms with Crippen molar-refractivity contribution in [3.63, 3.8) is 0 Å². The fraction of sp³-hybridized carbons (Fsp3) is 0.333. The molecular weight excluding hydrogens is 660 g/mol. The van der Waals surface area contributed by atoms with Crippen LogP contribution < -0.4 is 9.47 Å². The van der Waals surface area contributed by atoms with E-state index < -0.39 is 47.4 Å². The van der Waals surface area contributed by atoms with Gasteiger partial charge >= 0.3 is 11.9 Å². The van der Waals surface area contributed by atoms with Crippen LogP contribution in [0.3, 0.4) is 0 Å². The molecule has 1 aliphatic carbocycles. The van der Waals surface area contributed by atoms with Crippen molar-refractivity contribution in [2.45, 2.75) is 52.6 Å². The molecule has 0 heterocycles. The number of ether oxygens (including phenoxy) is 2. The number of hydrogen-bond donors (Lipinski definition) is 2. The first-order chi connectivity index (χ1) is 25.2. The van der Waals surface area contributed by atoms with Crippen LogP contribution in [-0.4, -0.2) is 56.9 Å². The third-order valence-corrected chi connectivity index (χ3v) is 9.43. The third kappa shape index (κ3) is 9.37. The van der Waals surface area contributed by atoms with Gasteiger partial charge in [0.05, 0.1) is 23.7 Å². The van der Waals surface area contributed by atoms with E-state index in [2.05, 4.69) is 0 Å². The molecule has 52 heavy (non-hydrogen) atoms. The number of rotatable bonds is 18. The number of benzene rings is 4. The number of amides is 2. The number of nitrogens with zero attached hydrogens (tertiary/aromatic N) is 2. The second kappa shape index (κ2) is 18.0. The van der Waals surface area contributed by atoms with Gasteiger partial charge in [-0.1, -0.05) is 87.4 Å². The quantitative estimate of drug-likeness (QED) is 0.107. The molecule has 0 unspecified atom stereocenters. The first-order valence-corrected chi connectivity index (χ1v) is 17.9. The Bertz CT molecular complexity index is 1650. The molecular formula is C42H46N2O8. The van der Waals surface area contributed by atoms with Gasteiger partial charge in [0.2, 0.25) is 11.8 Å². The molecule has 0 bridgehead atoms. The number of hydrogen-bond acceptors (Lipinski definition) is 6. The Morgan fingerprint density at radius 2 is 0.827 bits per heavy atom. The molecule has 0 aliphatic heterocycles. The van der Waals surface area contributed by atoms with Crippen molar-refractivity contribution in [1.82, 2.24) is 9.80 Å². The Kier molecular flexibility index (Phi) is 13.0. The van der Waals surface area contributed by atoms with Gasteiger partial charge in [0.1, 0.15) is 23.0 Å². The summed E-state index contributed by atoms with van der Waals surface area (Å²) < 4.78 is 11.8. The van der Waals surface area contributed by atoms with Crippen LogP contribution in [-0.2, 0) is 32.3 Å². The smallest absolute Gasteiger partial charge is 0.308 e. The van der Waals surface area contributed by atoms with E-state index in [1.165, 1.54) is 0 Å². The van der Waals surface area contributed by atoms with Crippen molar-refractivity contribution >= 4 is 23.8 Å². The molecule has 4 atom stereocenters. The fourth-order valence-corrected chi connectivity index (χ4v) is 6.65. The van der Waals surface area contributed by atoms with Gasteiger partial charge in [-0.05, 0) is 72.5 Å². The van der Waals surface area contributed by atoms with Crippen LogP contribution in [0, 0.1) is 23.7 Å². The minimum atomic E-state index is -1.54. The summed E-state index contributed by atoms with van der Waals surface area (Å²) >= 11 is 0. The minimum absolute atomic E-state index is 0.170. The molecule has 1 saturated carbocycles. The Morgan fingerprint density at radius 1 is 0.500 bits per heavy atom. The van der Waals surface area contributed by atoms with Gasteiger partial charge in [0, 0.05) is 26.2 Å². The van der Waals surface area contributed by atoms with E-state index in [0.717, 1.165) is 24.0 Å². The van der Waals surface area contributed by atoms with E-state index in [1.807, 2.05) is 98.8 Å². The summed E-state index contributed by atoms with van der Waals surface area (Å²) in [5.41, 5.74) is 1.58. The number of carbonyl (C=O) groups excluding carboxylic acids is 2. The highest BCUT2D eigenvalue weighted by Gasteiger charge is 2.64. The standard InChI is InChI=1S/C42H46N2O8/c1-3-5-25-43(27-29-17-21-33(22-18-29)51-31-13-9-7-10-14-31)39(45)35-36(38(42(49)50)37(35)41(47)48)40(46)44(26-6-4-2)28-30-19-23-34(24-20-30)52-32-15-11-8-12-16-32/h7-24,35-38H,3-6,25-28H2,1-2H3,(H,47,48)(H,49,50)/t35-,36-,37-,38-/m0/s1. The molecule has 0 radical (unpaired) electrons. The monoisotopic (exact) mass is 706 g/mol. The van der Waals surface area contributed by atoms with Crippen LogP contribution in [0.4, 0.5) is 0 Å². The maximum atomic E-state index is 14.4. The SMILES string of the molecule is CCCCN(Cc1ccc(Oc2ccccc2)cc1)C(=O)[C@@H]1[C@H](C(=O)O)[C@@H](C(=O)O)[C@H]1C(=O)N(CCCC)Cc1ccc(Oc2ccccc2)cc1. The lowest BCUT2D eigenvalue weighted by Gasteiger charge is -2.48. The second-order valence-corrected chi connectivity index (χ2v) is 13.1. The van der Waals surface area contributed by atoms with Gasteiger partial charge in [-0.25, -0.2) is 0 Å². The van der Waals surface area contributed by atoms with E-state index in [9.17, 15) is 29.4 Å². The van der Waals surface area contributed by atoms with Crippen molar-refractivity contribution in [1.29, 1.82) is 0 Å². The Labute approximate surface area is 304 Å². The summed E-state index contributed by atoms with van der Waals surface area (Å²) in [6.45, 7) is 4.97. The van der Waals surface area contributed by atoms with Crippen molar-refractivity contribution < 1.29 is 38.9 Å². The molecule has 0 aromatic heterocycles. The lowest BCUT2D eigenvalue weighted by molar-refractivity contribution is -0.187. The Balaban J connectivity index is 1.37. The van der Waals surface area contributed by atoms with Crippen molar-refractivity contribution in [3.05, 3.63) is 120 Å². The Hall–Kier alpha value is -5.64. The maximum Gasteiger partial charge on any atom is 0.308 e. The van der Waals surface area contributed by atoms with Gasteiger partial charge in [0.25, 0.3) is 0 Å². The highest BCUT2D eigenvalue weighted by molar-refractivity contribution is 5.99. The van der Waals surface area contributed by atoms with Crippen LogP contribution in [0.25, 0.3) is 0 Å². The third-order valence-electron chi connectivity index (χ3n) is 9.43. The molecule has 10 nitrogen and oxygen atoms in total. The average molecular weight is 707 g/mol. The van der Waals surface area contributed by atoms with E-state index in [1.54, 1.807) is 34.1 Å². The first-order valence-electron chi connectivity index (χ1n) is 17.9. The van der Waals surface area contributed by atoms with Gasteiger partial charge in [-0.15, -0.1) is 0 Å². The number of carbonyl (C=O) groups is 4. The number of para-hydroxylation sites is 2. The van der Waals surface area contributed by atoms with E-state index in [4.69, 9.17) is 9.47 Å². The topological polar surface area (TPSA) is 134 Å². The van der Waals surface area contributed by atoms with E-state index in [-0.39, 0.29) is 13.1 Å². The zero-order valence-electron chi connectivity index (χ0n) is 29.6. The molecule has 272 valence electrons. The van der Waals surface area contributed by atoms with Gasteiger partial charge in [-0.2, -0.15) is 0 Å². The highest BCUT2D eigenvalue weighted by Crippen LogP contribution is 2.49. The van der Waals surface area contributed by atoms with Gasteiger partial charge in [-0.3, -0.25) is 19.2 Å². The zero-order chi connectivity index (χ0) is 37.0. The van der Waals surface area contributed by atoms with E-state index in [0.29, 0.717) is 48.9 Å². The molecule has 1 aliphatic rings. The summed E-state index contributed by atoms with van der Waals surface area (Å²) in [6, 6.07) is 33.2. The largest absolute Gasteiger partial charge is 0.481 e. The summed E-state index contributed by atoms with van der Waals surface area (Å²) in [5, 5.41) is 20.5. The maximum absolute atomic E-state index is 14.4. The van der Waals surface area contributed by atoms with Crippen molar-refractivity contribution in [2.75, 3.05) is 13.1 Å². The summed E-state index contributed by atoms with van der Waals surface area (Å²) in [6.07, 6.45) is 2.86. The van der Waals surface area contributed by atoms with Gasteiger partial charge < -0.3 is 29.5 Å². The van der Waals surface area contributed by atoms with Crippen LogP contribution in [0.5, 0.6) is 23.0 Å². The lowest BCUT2D eigenvalue weighted by atomic mass is 9.55. The molecule has 5 rings (SSSR count). The summed E-state index contributed by atoms with van der Waals surface area (Å²) in [7, 11) is 0. The predicted octanol–water partition coefficient (Wildman–Crippen LogP) is 7.88. The normalized spacial score (nSPS) is 17.7. The Morgan fingerprint density at radius 3 is 1.13 bits per heavy atom. The molecule has 0 saturated heterocycles. The van der Waals surface area contributed by atoms with Crippen LogP contribution >= 0.6 is 0 Å². The molecule has 1 fully saturated rings. The first kappa shape index (κ1) is 37.6. The second-order valence-electron chi connectivity index (χ2n) is 13.1. The van der Waals surface area contributed by atoms with Gasteiger partial charge in [0.15, 0.2) is 0 Å². The van der Waals surface area contributed by atoms with Crippen LogP contribution in [0.2, 0.25) is 0 Å². The highest BCUT2D eigenvalue weighted by atomic mass is 16.5. The molecule has 0 spiro atoms. The number of carboxylic acid groups (broad SMARTS) is 2. The number of unbranched alkanes of at least 4 members (excludes halogenated alkanes) is 2. The lowest BCUT2D eigenvalue weighted by Crippen LogP contribution is -2.64. The molecule has 2 amide bonds. The average Bonchev–Trinajstić information content (AvgIpc) is 3.13. The summed E-state index contributed by atoms with van der Waals surface area (Å²) in [5.74, 6) is -6.97. The van der Waals surface area contributed by atoms with Crippen LogP contribution in [0.1, 0.15) is 50.7 Å². The number of carboxylic acids is 2. The molecule has 10 heteroatoms. The zero-order valence-corrected chi connectivity index (χ0v) is 29.6. The van der Waals surface area contributed by atoms with Crippen molar-refractivity contribution in [3.8, 4) is 23.0 Å². The fourth-order valence-electron chi connectivity index (χ4n) is 6.65. The van der Waals surface area contributed by atoms with E-state index >= 15 is 0 Å². The molecule has 4 aromatic rings. The molecule has 4 aromatic carbocycles. The minimum Gasteiger partial charge on any atom is -0.481 e.